The Morgan fingerprint density at radius 3 is 2.36 bits per heavy atom. The van der Waals surface area contributed by atoms with Crippen LogP contribution in [0.15, 0.2) is 53.4 Å². The molecule has 1 aliphatic rings. The van der Waals surface area contributed by atoms with Crippen molar-refractivity contribution in [1.82, 2.24) is 10.6 Å². The highest BCUT2D eigenvalue weighted by Gasteiger charge is 2.31. The number of carbonyl (C=O) groups excluding carboxylic acids is 1. The van der Waals surface area contributed by atoms with Crippen LogP contribution in [-0.4, -0.2) is 48.0 Å². The second-order valence-corrected chi connectivity index (χ2v) is 13.1. The highest BCUT2D eigenvalue weighted by Crippen LogP contribution is 2.37. The van der Waals surface area contributed by atoms with Gasteiger partial charge in [0.05, 0.1) is 7.11 Å². The summed E-state index contributed by atoms with van der Waals surface area (Å²) in [6.07, 6.45) is 7.60. The lowest BCUT2D eigenvalue weighted by Crippen LogP contribution is -2.45. The summed E-state index contributed by atoms with van der Waals surface area (Å²) < 4.78 is 11.4. The lowest BCUT2D eigenvalue weighted by Gasteiger charge is -2.32. The summed E-state index contributed by atoms with van der Waals surface area (Å²) >= 11 is 3.69. The van der Waals surface area contributed by atoms with Gasteiger partial charge in [-0.25, -0.2) is 0 Å². The van der Waals surface area contributed by atoms with Gasteiger partial charge in [-0.1, -0.05) is 63.1 Å². The zero-order valence-electron chi connectivity index (χ0n) is 25.1. The van der Waals surface area contributed by atoms with E-state index < -0.39 is 5.60 Å². The van der Waals surface area contributed by atoms with Gasteiger partial charge in [-0.2, -0.15) is 11.8 Å². The van der Waals surface area contributed by atoms with Crippen LogP contribution in [0.5, 0.6) is 5.75 Å². The monoisotopic (exact) mass is 574 g/mol. The Kier molecular flexibility index (Phi) is 14.8. The molecule has 2 aromatic rings. The summed E-state index contributed by atoms with van der Waals surface area (Å²) in [5, 5.41) is 7.31. The number of esters is 1. The van der Waals surface area contributed by atoms with Crippen LogP contribution in [0.25, 0.3) is 0 Å². The third kappa shape index (κ3) is 11.8. The first-order chi connectivity index (χ1) is 18.7. The molecule has 0 bridgehead atoms. The molecule has 0 fully saturated rings. The summed E-state index contributed by atoms with van der Waals surface area (Å²) in [6.45, 7) is 11.7. The lowest BCUT2D eigenvalue weighted by molar-refractivity contribution is -0.157. The highest BCUT2D eigenvalue weighted by atomic mass is 32.2. The third-order valence-corrected chi connectivity index (χ3v) is 8.85. The van der Waals surface area contributed by atoms with Gasteiger partial charge in [0.1, 0.15) is 17.4 Å². The van der Waals surface area contributed by atoms with E-state index in [0.29, 0.717) is 6.54 Å². The van der Waals surface area contributed by atoms with E-state index in [-0.39, 0.29) is 17.6 Å². The normalized spacial score (nSPS) is 17.7. The average molecular weight is 575 g/mol. The molecule has 1 aliphatic heterocycles. The number of carbonyl (C=O) groups is 1. The molecular weight excluding hydrogens is 524 g/mol. The maximum atomic E-state index is 12.8. The maximum Gasteiger partial charge on any atom is 0.323 e. The number of hydrogen-bond acceptors (Lipinski definition) is 7. The molecule has 0 spiro atoms. The fraction of sp³-hybridized carbons (Fsp3) is 0.594. The molecule has 2 aromatic carbocycles. The highest BCUT2D eigenvalue weighted by molar-refractivity contribution is 7.99. The molecule has 0 radical (unpaired) electrons. The zero-order valence-corrected chi connectivity index (χ0v) is 26.7. The van der Waals surface area contributed by atoms with Gasteiger partial charge in [0.25, 0.3) is 0 Å². The molecule has 2 N–H and O–H groups in total. The molecule has 1 heterocycles. The van der Waals surface area contributed by atoms with Crippen molar-refractivity contribution in [3.8, 4) is 5.75 Å². The summed E-state index contributed by atoms with van der Waals surface area (Å²) in [4.78, 5) is 14.1. The van der Waals surface area contributed by atoms with Crippen LogP contribution in [0.3, 0.4) is 0 Å². The van der Waals surface area contributed by atoms with E-state index in [1.807, 2.05) is 68.9 Å². The van der Waals surface area contributed by atoms with Gasteiger partial charge in [-0.15, -0.1) is 11.8 Å². The first-order valence-electron chi connectivity index (χ1n) is 14.2. The van der Waals surface area contributed by atoms with Crippen molar-refractivity contribution in [2.24, 2.45) is 0 Å². The Morgan fingerprint density at radius 1 is 1.15 bits per heavy atom. The minimum absolute atomic E-state index is 0.185. The number of nitrogens with one attached hydrogen (secondary N) is 2. The van der Waals surface area contributed by atoms with Gasteiger partial charge < -0.3 is 20.1 Å². The molecular formula is C32H50N2O3S2. The molecule has 7 heteroatoms. The molecule has 2 unspecified atom stereocenters. The van der Waals surface area contributed by atoms with Crippen LogP contribution in [0.2, 0.25) is 0 Å². The van der Waals surface area contributed by atoms with Crippen molar-refractivity contribution >= 4 is 29.5 Å². The number of fused-ring (bicyclic) bond motifs is 1. The van der Waals surface area contributed by atoms with Crippen molar-refractivity contribution in [3.63, 3.8) is 0 Å². The topological polar surface area (TPSA) is 59.6 Å². The quantitative estimate of drug-likeness (QED) is 0.255. The summed E-state index contributed by atoms with van der Waals surface area (Å²) in [5.41, 5.74) is 2.06. The van der Waals surface area contributed by atoms with E-state index in [1.54, 1.807) is 18.9 Å². The molecule has 218 valence electrons. The van der Waals surface area contributed by atoms with Crippen molar-refractivity contribution < 1.29 is 14.3 Å². The van der Waals surface area contributed by atoms with E-state index in [2.05, 4.69) is 42.9 Å². The SMILES string of the molecule is CCCCC1(CC)CSc2cc(CNC(CCSC)C(=O)OC(C)(C)C)c(OC)cc2CN1.c1ccccc1. The van der Waals surface area contributed by atoms with Gasteiger partial charge in [0.15, 0.2) is 0 Å². The largest absolute Gasteiger partial charge is 0.496 e. The number of hydrogen-bond donors (Lipinski definition) is 2. The van der Waals surface area contributed by atoms with E-state index in [1.165, 1.54) is 29.7 Å². The van der Waals surface area contributed by atoms with Crippen LogP contribution in [0.1, 0.15) is 77.8 Å². The maximum absolute atomic E-state index is 12.8. The first-order valence-corrected chi connectivity index (χ1v) is 16.6. The first kappa shape index (κ1) is 33.5. The fourth-order valence-corrected chi connectivity index (χ4v) is 6.30. The number of ether oxygens (including phenoxy) is 2. The Morgan fingerprint density at radius 2 is 1.82 bits per heavy atom. The number of benzene rings is 2. The third-order valence-electron chi connectivity index (χ3n) is 6.81. The van der Waals surface area contributed by atoms with Crippen LogP contribution in [-0.2, 0) is 22.6 Å². The minimum atomic E-state index is -0.495. The van der Waals surface area contributed by atoms with Crippen LogP contribution >= 0.6 is 23.5 Å². The zero-order chi connectivity index (χ0) is 28.7. The molecule has 0 amide bonds. The van der Waals surface area contributed by atoms with Crippen LogP contribution in [0.4, 0.5) is 0 Å². The molecule has 39 heavy (non-hydrogen) atoms. The smallest absolute Gasteiger partial charge is 0.323 e. The lowest BCUT2D eigenvalue weighted by atomic mass is 9.91. The van der Waals surface area contributed by atoms with Crippen LogP contribution in [0, 0.1) is 0 Å². The Bertz CT molecular complexity index is 955. The summed E-state index contributed by atoms with van der Waals surface area (Å²) in [6, 6.07) is 16.1. The standard InChI is InChI=1S/C26H44N2O3S2.C6H6/c1-8-10-12-26(9-2)18-33-23-15-19(22(30-6)14-20(23)17-28-26)16-27-21(11-13-32-7)24(29)31-25(3,4)5;1-2-4-6-5-3-1/h14-15,21,27-28H,8-13,16-18H2,1-7H3;1-6H. The molecule has 5 nitrogen and oxygen atoms in total. The van der Waals surface area contributed by atoms with E-state index in [4.69, 9.17) is 9.47 Å². The number of methoxy groups -OCH3 is 1. The average Bonchev–Trinajstić information content (AvgIpc) is 3.11. The Hall–Kier alpha value is -1.67. The Labute approximate surface area is 246 Å². The van der Waals surface area contributed by atoms with Crippen molar-refractivity contribution in [2.45, 2.75) is 102 Å². The predicted octanol–water partition coefficient (Wildman–Crippen LogP) is 7.47. The molecule has 0 saturated carbocycles. The number of rotatable bonds is 12. The molecule has 2 atom stereocenters. The Balaban J connectivity index is 0.000000780. The van der Waals surface area contributed by atoms with E-state index in [0.717, 1.165) is 42.2 Å². The van der Waals surface area contributed by atoms with Crippen molar-refractivity contribution in [1.29, 1.82) is 0 Å². The van der Waals surface area contributed by atoms with Crippen molar-refractivity contribution in [2.75, 3.05) is 24.9 Å². The molecule has 0 aromatic heterocycles. The van der Waals surface area contributed by atoms with Crippen LogP contribution < -0.4 is 15.4 Å². The van der Waals surface area contributed by atoms with Gasteiger partial charge >= 0.3 is 5.97 Å². The molecule has 0 aliphatic carbocycles. The van der Waals surface area contributed by atoms with Gasteiger partial charge in [-0.3, -0.25) is 4.79 Å². The number of thioether (sulfide) groups is 2. The molecule has 3 rings (SSSR count). The van der Waals surface area contributed by atoms with E-state index in [9.17, 15) is 4.79 Å². The second kappa shape index (κ2) is 17.2. The molecule has 0 saturated heterocycles. The van der Waals surface area contributed by atoms with Crippen molar-refractivity contribution in [3.05, 3.63) is 59.7 Å². The van der Waals surface area contributed by atoms with Gasteiger partial charge in [0, 0.05) is 34.8 Å². The second-order valence-electron chi connectivity index (χ2n) is 11.1. The van der Waals surface area contributed by atoms with E-state index >= 15 is 0 Å². The number of unbranched alkanes of at least 4 members (excludes halogenated alkanes) is 1. The van der Waals surface area contributed by atoms with Gasteiger partial charge in [-0.05, 0) is 69.7 Å². The summed E-state index contributed by atoms with van der Waals surface area (Å²) in [7, 11) is 1.72. The van der Waals surface area contributed by atoms with Gasteiger partial charge in [0.2, 0.25) is 0 Å². The fourth-order valence-electron chi connectivity index (χ4n) is 4.40. The predicted molar refractivity (Wildman–Crippen MR) is 169 cm³/mol. The minimum Gasteiger partial charge on any atom is -0.496 e. The summed E-state index contributed by atoms with van der Waals surface area (Å²) in [5.74, 6) is 2.65.